The van der Waals surface area contributed by atoms with Gasteiger partial charge in [-0.1, -0.05) is 53.2 Å². The summed E-state index contributed by atoms with van der Waals surface area (Å²) >= 11 is 0. The minimum Gasteiger partial charge on any atom is -0.399 e. The lowest BCUT2D eigenvalue weighted by atomic mass is 9.90. The second kappa shape index (κ2) is 21.8. The number of likely N-dealkylation sites (N-methyl/N-ethyl adjacent to an activating group) is 2. The van der Waals surface area contributed by atoms with Gasteiger partial charge >= 0.3 is 0 Å². The molecule has 53 heavy (non-hydrogen) atoms. The quantitative estimate of drug-likeness (QED) is 0.113. The Hall–Kier alpha value is -3.79. The second-order valence-electron chi connectivity index (χ2n) is 14.8. The highest BCUT2D eigenvalue weighted by Gasteiger charge is 2.42. The number of rotatable bonds is 21. The fourth-order valence-corrected chi connectivity index (χ4v) is 7.33. The fourth-order valence-electron chi connectivity index (χ4n) is 7.33. The summed E-state index contributed by atoms with van der Waals surface area (Å²) in [5.41, 5.74) is 13.1. The molecular formula is C38H66N8O7. The minimum absolute atomic E-state index is 0.00246. The molecule has 0 bridgehead atoms. The van der Waals surface area contributed by atoms with Gasteiger partial charge in [0.25, 0.3) is 0 Å². The van der Waals surface area contributed by atoms with Crippen LogP contribution in [0, 0.1) is 17.8 Å². The zero-order valence-corrected chi connectivity index (χ0v) is 33.5. The van der Waals surface area contributed by atoms with Gasteiger partial charge < -0.3 is 46.7 Å². The third-order valence-electron chi connectivity index (χ3n) is 10.5. The van der Waals surface area contributed by atoms with Crippen LogP contribution >= 0.6 is 0 Å². The predicted molar refractivity (Wildman–Crippen MR) is 205 cm³/mol. The van der Waals surface area contributed by atoms with Gasteiger partial charge in [0.05, 0.1) is 49.2 Å². The van der Waals surface area contributed by atoms with Crippen molar-refractivity contribution in [1.82, 2.24) is 30.7 Å². The van der Waals surface area contributed by atoms with Crippen LogP contribution in [0.2, 0.25) is 0 Å². The van der Waals surface area contributed by atoms with E-state index >= 15 is 0 Å². The summed E-state index contributed by atoms with van der Waals surface area (Å²) in [7, 11) is 8.38. The van der Waals surface area contributed by atoms with Gasteiger partial charge in [-0.2, -0.15) is 0 Å². The van der Waals surface area contributed by atoms with Gasteiger partial charge in [-0.3, -0.25) is 28.9 Å². The molecule has 15 nitrogen and oxygen atoms in total. The van der Waals surface area contributed by atoms with Crippen molar-refractivity contribution in [2.24, 2.45) is 23.5 Å². The van der Waals surface area contributed by atoms with Crippen LogP contribution < -0.4 is 27.4 Å². The van der Waals surface area contributed by atoms with Crippen LogP contribution in [0.15, 0.2) is 24.3 Å². The summed E-state index contributed by atoms with van der Waals surface area (Å²) < 4.78 is 11.8. The van der Waals surface area contributed by atoms with Crippen molar-refractivity contribution in [2.45, 2.75) is 103 Å². The summed E-state index contributed by atoms with van der Waals surface area (Å²) in [6.07, 6.45) is 0.785. The lowest BCUT2D eigenvalue weighted by Gasteiger charge is -2.39. The van der Waals surface area contributed by atoms with Gasteiger partial charge in [-0.15, -0.1) is 0 Å². The number of nitrogens with one attached hydrogen (secondary N) is 3. The maximum atomic E-state index is 14.0. The van der Waals surface area contributed by atoms with E-state index in [0.29, 0.717) is 18.7 Å². The van der Waals surface area contributed by atoms with Crippen LogP contribution in [0.1, 0.15) is 65.9 Å². The van der Waals surface area contributed by atoms with E-state index < -0.39 is 48.1 Å². The third kappa shape index (κ3) is 12.7. The van der Waals surface area contributed by atoms with Crippen molar-refractivity contribution in [1.29, 1.82) is 0 Å². The Kier molecular flexibility index (Phi) is 18.7. The zero-order valence-electron chi connectivity index (χ0n) is 33.5. The fraction of sp³-hybridized carbons (Fsp3) is 0.711. The van der Waals surface area contributed by atoms with Crippen LogP contribution in [-0.4, -0.2) is 136 Å². The number of hydrogen-bond acceptors (Lipinski definition) is 10. The number of ether oxygens (including phenoxy) is 2. The normalized spacial score (nSPS) is 18.4. The maximum absolute atomic E-state index is 14.0. The van der Waals surface area contributed by atoms with E-state index in [2.05, 4.69) is 16.0 Å². The molecule has 1 aromatic carbocycles. The van der Waals surface area contributed by atoms with Gasteiger partial charge in [-0.05, 0) is 56.5 Å². The molecule has 1 aliphatic rings. The molecule has 2 rings (SSSR count). The van der Waals surface area contributed by atoms with Gasteiger partial charge in [-0.25, -0.2) is 0 Å². The highest BCUT2D eigenvalue weighted by Crippen LogP contribution is 2.29. The van der Waals surface area contributed by atoms with Crippen LogP contribution in [0.3, 0.4) is 0 Å². The van der Waals surface area contributed by atoms with Crippen molar-refractivity contribution < 1.29 is 33.4 Å². The van der Waals surface area contributed by atoms with Crippen molar-refractivity contribution >= 4 is 35.2 Å². The van der Waals surface area contributed by atoms with E-state index in [4.69, 9.17) is 20.9 Å². The number of nitrogen functional groups attached to an aromatic ring is 1. The van der Waals surface area contributed by atoms with Crippen LogP contribution in [0.25, 0.3) is 0 Å². The molecule has 0 spiro atoms. The average molecular weight is 747 g/mol. The summed E-state index contributed by atoms with van der Waals surface area (Å²) in [4.78, 5) is 72.0. The molecule has 8 atom stereocenters. The molecule has 300 valence electrons. The lowest BCUT2D eigenvalue weighted by Crippen LogP contribution is -2.56. The first-order valence-corrected chi connectivity index (χ1v) is 18.7. The number of anilines is 1. The minimum atomic E-state index is -0.963. The molecule has 1 aliphatic heterocycles. The largest absolute Gasteiger partial charge is 0.399 e. The number of hydrogen-bond donors (Lipinski definition) is 5. The number of methoxy groups -OCH3 is 2. The van der Waals surface area contributed by atoms with Crippen molar-refractivity contribution in [3.8, 4) is 0 Å². The number of nitrogens with two attached hydrogens (primary N) is 2. The SMILES string of the molecule is CCC(C)C(C(CC(=O)N1CCCC1C(OC)C(C)C(=O)NC(CN)C(=O)NCc1ccc(N)cc1)OC)N(C)C(=O)CNC(=O)C(C(C)C)N(C)C. The van der Waals surface area contributed by atoms with Gasteiger partial charge in [0.2, 0.25) is 29.5 Å². The molecule has 7 N–H and O–H groups in total. The Morgan fingerprint density at radius 1 is 0.943 bits per heavy atom. The van der Waals surface area contributed by atoms with E-state index in [1.165, 1.54) is 14.2 Å². The van der Waals surface area contributed by atoms with E-state index in [-0.39, 0.29) is 61.7 Å². The Morgan fingerprint density at radius 3 is 2.11 bits per heavy atom. The number of likely N-dealkylation sites (tertiary alicyclic amines) is 1. The Morgan fingerprint density at radius 2 is 1.58 bits per heavy atom. The Balaban J connectivity index is 2.13. The van der Waals surface area contributed by atoms with E-state index in [0.717, 1.165) is 18.4 Å². The monoisotopic (exact) mass is 747 g/mol. The predicted octanol–water partition coefficient (Wildman–Crippen LogP) is 0.951. The van der Waals surface area contributed by atoms with Crippen molar-refractivity contribution in [3.63, 3.8) is 0 Å². The van der Waals surface area contributed by atoms with E-state index in [1.54, 1.807) is 48.0 Å². The molecule has 0 radical (unpaired) electrons. The Labute approximate surface area is 316 Å². The highest BCUT2D eigenvalue weighted by atomic mass is 16.5. The summed E-state index contributed by atoms with van der Waals surface area (Å²) in [5.74, 6) is -2.21. The third-order valence-corrected chi connectivity index (χ3v) is 10.5. The molecule has 0 aromatic heterocycles. The molecular weight excluding hydrogens is 680 g/mol. The summed E-state index contributed by atoms with van der Waals surface area (Å²) in [6.45, 7) is 10.1. The van der Waals surface area contributed by atoms with Gasteiger partial charge in [0, 0.05) is 46.6 Å². The molecule has 15 heteroatoms. The van der Waals surface area contributed by atoms with Crippen LogP contribution in [0.5, 0.6) is 0 Å². The van der Waals surface area contributed by atoms with Crippen molar-refractivity contribution in [3.05, 3.63) is 29.8 Å². The highest BCUT2D eigenvalue weighted by molar-refractivity contribution is 5.89. The number of carbonyl (C=O) groups is 5. The molecule has 5 amide bonds. The Bertz CT molecular complexity index is 1340. The number of nitrogens with zero attached hydrogens (tertiary/aromatic N) is 3. The zero-order chi connectivity index (χ0) is 40.0. The van der Waals surface area contributed by atoms with Crippen LogP contribution in [0.4, 0.5) is 5.69 Å². The summed E-state index contributed by atoms with van der Waals surface area (Å²) in [6, 6.07) is 4.90. The van der Waals surface area contributed by atoms with E-state index in [1.807, 2.05) is 46.7 Å². The number of amides is 5. The van der Waals surface area contributed by atoms with Crippen LogP contribution in [-0.2, 0) is 40.0 Å². The first kappa shape index (κ1) is 45.4. The van der Waals surface area contributed by atoms with Gasteiger partial charge in [0.15, 0.2) is 0 Å². The molecule has 1 heterocycles. The second-order valence-corrected chi connectivity index (χ2v) is 14.8. The number of carbonyl (C=O) groups excluding carboxylic acids is 5. The average Bonchev–Trinajstić information content (AvgIpc) is 3.61. The molecule has 0 aliphatic carbocycles. The first-order chi connectivity index (χ1) is 25.0. The molecule has 0 saturated carbocycles. The smallest absolute Gasteiger partial charge is 0.244 e. The van der Waals surface area contributed by atoms with Gasteiger partial charge in [0.1, 0.15) is 6.04 Å². The standard InChI is InChI=1S/C38H66N8O7/c1-11-24(4)34(45(8)32(48)22-42-38(51)33(23(2)3)44(6)7)30(52-9)19-31(47)46-18-12-13-29(46)35(53-10)25(5)36(49)43-28(20-39)37(50)41-21-26-14-16-27(40)17-15-26/h14-17,23-25,28-30,33-35H,11-13,18-22,39-40H2,1-10H3,(H,41,50)(H,42,51)(H,43,49). The molecule has 1 fully saturated rings. The van der Waals surface area contributed by atoms with Crippen molar-refractivity contribution in [2.75, 3.05) is 60.7 Å². The lowest BCUT2D eigenvalue weighted by molar-refractivity contribution is -0.146. The molecule has 1 aromatic rings. The topological polar surface area (TPSA) is 202 Å². The van der Waals surface area contributed by atoms with E-state index in [9.17, 15) is 24.0 Å². The molecule has 8 unspecified atom stereocenters. The molecule has 1 saturated heterocycles. The number of benzene rings is 1. The first-order valence-electron chi connectivity index (χ1n) is 18.7. The summed E-state index contributed by atoms with van der Waals surface area (Å²) in [5, 5.41) is 8.36. The maximum Gasteiger partial charge on any atom is 0.244 e.